The lowest BCUT2D eigenvalue weighted by molar-refractivity contribution is -0.119. The van der Waals surface area contributed by atoms with Gasteiger partial charge in [0.05, 0.1) is 11.7 Å². The van der Waals surface area contributed by atoms with Crippen LogP contribution in [0.25, 0.3) is 0 Å². The fourth-order valence-corrected chi connectivity index (χ4v) is 4.96. The Balaban J connectivity index is 1.55. The van der Waals surface area contributed by atoms with Crippen LogP contribution in [0.5, 0.6) is 0 Å². The summed E-state index contributed by atoms with van der Waals surface area (Å²) in [6, 6.07) is 12.8. The summed E-state index contributed by atoms with van der Waals surface area (Å²) < 4.78 is 0. The van der Waals surface area contributed by atoms with E-state index in [-0.39, 0.29) is 18.4 Å². The van der Waals surface area contributed by atoms with Crippen molar-refractivity contribution in [3.8, 4) is 0 Å². The smallest absolute Gasteiger partial charge is 0.268 e. The van der Waals surface area contributed by atoms with Crippen molar-refractivity contribution in [1.82, 2.24) is 5.32 Å². The first-order chi connectivity index (χ1) is 13.6. The molecule has 2 amide bonds. The number of anilines is 1. The highest BCUT2D eigenvalue weighted by Gasteiger charge is 2.36. The van der Waals surface area contributed by atoms with Gasteiger partial charge in [-0.1, -0.05) is 37.1 Å². The Morgan fingerprint density at radius 2 is 1.89 bits per heavy atom. The Morgan fingerprint density at radius 1 is 1.14 bits per heavy atom. The van der Waals surface area contributed by atoms with Crippen molar-refractivity contribution in [2.45, 2.75) is 44.2 Å². The van der Waals surface area contributed by atoms with Gasteiger partial charge in [0.2, 0.25) is 5.91 Å². The highest BCUT2D eigenvalue weighted by molar-refractivity contribution is 7.10. The molecule has 1 aromatic heterocycles. The zero-order valence-electron chi connectivity index (χ0n) is 15.6. The van der Waals surface area contributed by atoms with E-state index in [0.717, 1.165) is 18.5 Å². The number of nitrogens with zero attached hydrogens (tertiary/aromatic N) is 2. The van der Waals surface area contributed by atoms with Crippen molar-refractivity contribution in [2.75, 3.05) is 5.01 Å². The van der Waals surface area contributed by atoms with Crippen molar-refractivity contribution in [3.63, 3.8) is 0 Å². The molecular weight excluding hydrogens is 372 g/mol. The molecule has 0 bridgehead atoms. The molecule has 1 saturated carbocycles. The average molecular weight is 397 g/mol. The first-order valence-corrected chi connectivity index (χ1v) is 10.6. The lowest BCUT2D eigenvalue weighted by atomic mass is 9.96. The lowest BCUT2D eigenvalue weighted by Crippen LogP contribution is -2.40. The molecule has 2 heterocycles. The molecule has 4 rings (SSSR count). The summed E-state index contributed by atoms with van der Waals surface area (Å²) in [5, 5.41) is 11.3. The van der Waals surface area contributed by atoms with Gasteiger partial charge in [0.25, 0.3) is 5.91 Å². The number of benzene rings is 1. The number of thiophene rings is 1. The minimum Gasteiger partial charge on any atom is -0.368 e. The average Bonchev–Trinajstić information content (AvgIpc) is 3.48. The van der Waals surface area contributed by atoms with Crippen molar-refractivity contribution < 1.29 is 9.59 Å². The number of amides is 2. The van der Waals surface area contributed by atoms with E-state index in [1.807, 2.05) is 41.8 Å². The molecule has 1 aromatic carbocycles. The number of hydrogen-bond acceptors (Lipinski definition) is 5. The van der Waals surface area contributed by atoms with E-state index in [9.17, 15) is 9.59 Å². The second kappa shape index (κ2) is 8.14. The highest BCUT2D eigenvalue weighted by Crippen LogP contribution is 2.37. The summed E-state index contributed by atoms with van der Waals surface area (Å²) in [5.74, 6) is -0.252. The van der Waals surface area contributed by atoms with Gasteiger partial charge in [-0.2, -0.15) is 5.10 Å². The molecule has 28 heavy (non-hydrogen) atoms. The number of para-hydroxylation sites is 1. The fraction of sp³-hybridized carbons (Fsp3) is 0.381. The Kier molecular flexibility index (Phi) is 5.43. The van der Waals surface area contributed by atoms with Crippen LogP contribution in [0.15, 0.2) is 52.9 Å². The van der Waals surface area contributed by atoms with Crippen molar-refractivity contribution in [1.29, 1.82) is 0 Å². The highest BCUT2D eigenvalue weighted by atomic mass is 32.1. The van der Waals surface area contributed by atoms with Crippen molar-refractivity contribution >= 4 is 34.6 Å². The number of carbonyl (C=O) groups is 2. The number of carbonyl (C=O) groups excluding carboxylic acids is 2. The van der Waals surface area contributed by atoms with Gasteiger partial charge in [0.15, 0.2) is 0 Å². The summed E-state index contributed by atoms with van der Waals surface area (Å²) in [6.07, 6.45) is 4.87. The number of hydrazone groups is 1. The quantitative estimate of drug-likeness (QED) is 0.786. The summed E-state index contributed by atoms with van der Waals surface area (Å²) in [7, 11) is 0. The van der Waals surface area contributed by atoms with Crippen LogP contribution in [0.1, 0.15) is 43.0 Å². The van der Waals surface area contributed by atoms with Crippen LogP contribution in [0.4, 0.5) is 5.69 Å². The number of hydrogen-bond donors (Lipinski definition) is 2. The lowest BCUT2D eigenvalue weighted by Gasteiger charge is -2.23. The molecule has 146 valence electrons. The van der Waals surface area contributed by atoms with Crippen LogP contribution >= 0.6 is 11.3 Å². The predicted octanol–water partition coefficient (Wildman–Crippen LogP) is 3.22. The zero-order valence-corrected chi connectivity index (χ0v) is 16.4. The summed E-state index contributed by atoms with van der Waals surface area (Å²) in [5.41, 5.74) is 6.69. The predicted molar refractivity (Wildman–Crippen MR) is 111 cm³/mol. The Labute approximate surface area is 168 Å². The van der Waals surface area contributed by atoms with Crippen LogP contribution in [0.3, 0.4) is 0 Å². The van der Waals surface area contributed by atoms with E-state index in [1.54, 1.807) is 16.3 Å². The van der Waals surface area contributed by atoms with Gasteiger partial charge in [-0.15, -0.1) is 11.3 Å². The topological polar surface area (TPSA) is 87.8 Å². The second-order valence-corrected chi connectivity index (χ2v) is 8.34. The molecule has 1 aliphatic heterocycles. The molecule has 7 heteroatoms. The minimum absolute atomic E-state index is 0.00416. The zero-order chi connectivity index (χ0) is 19.5. The fourth-order valence-electron chi connectivity index (χ4n) is 4.09. The Morgan fingerprint density at radius 3 is 2.54 bits per heavy atom. The second-order valence-electron chi connectivity index (χ2n) is 7.36. The number of primary amides is 1. The van der Waals surface area contributed by atoms with Crippen LogP contribution < -0.4 is 16.1 Å². The largest absolute Gasteiger partial charge is 0.368 e. The molecule has 3 N–H and O–H groups in total. The van der Waals surface area contributed by atoms with E-state index in [1.165, 1.54) is 17.7 Å². The van der Waals surface area contributed by atoms with E-state index in [2.05, 4.69) is 16.5 Å². The maximum atomic E-state index is 13.0. The van der Waals surface area contributed by atoms with E-state index in [4.69, 9.17) is 5.73 Å². The summed E-state index contributed by atoms with van der Waals surface area (Å²) in [6.45, 7) is 0. The van der Waals surface area contributed by atoms with Gasteiger partial charge in [-0.3, -0.25) is 14.6 Å². The molecule has 0 radical (unpaired) electrons. The number of rotatable bonds is 6. The van der Waals surface area contributed by atoms with Gasteiger partial charge in [-0.05, 0) is 42.3 Å². The number of nitrogens with one attached hydrogen (secondary N) is 1. The molecule has 0 unspecified atom stereocenters. The summed E-state index contributed by atoms with van der Waals surface area (Å²) in [4.78, 5) is 26.2. The van der Waals surface area contributed by atoms with Crippen molar-refractivity contribution in [3.05, 3.63) is 52.7 Å². The van der Waals surface area contributed by atoms with E-state index in [0.29, 0.717) is 11.6 Å². The first-order valence-electron chi connectivity index (χ1n) is 9.69. The molecule has 2 aliphatic rings. The van der Waals surface area contributed by atoms with Crippen LogP contribution in [0.2, 0.25) is 0 Å². The molecule has 2 aromatic rings. The molecule has 6 nitrogen and oxygen atoms in total. The SMILES string of the molecule is NC(=O)[C@H]1CC(C(=O)N[C@H](c2cccs2)C2CCCC2)=NN1c1ccccc1. The van der Waals surface area contributed by atoms with Crippen LogP contribution in [0, 0.1) is 5.92 Å². The van der Waals surface area contributed by atoms with Crippen LogP contribution in [-0.4, -0.2) is 23.6 Å². The van der Waals surface area contributed by atoms with Gasteiger partial charge in [0.1, 0.15) is 11.8 Å². The normalized spacial score (nSPS) is 20.8. The van der Waals surface area contributed by atoms with Gasteiger partial charge < -0.3 is 11.1 Å². The van der Waals surface area contributed by atoms with Crippen molar-refractivity contribution in [2.24, 2.45) is 16.8 Å². The van der Waals surface area contributed by atoms with Crippen LogP contribution in [-0.2, 0) is 9.59 Å². The summed E-state index contributed by atoms with van der Waals surface area (Å²) >= 11 is 1.67. The maximum absolute atomic E-state index is 13.0. The van der Waals surface area contributed by atoms with Gasteiger partial charge >= 0.3 is 0 Å². The Hall–Kier alpha value is -2.67. The Bertz CT molecular complexity index is 860. The molecule has 2 atom stereocenters. The third-order valence-corrected chi connectivity index (χ3v) is 6.48. The first kappa shape index (κ1) is 18.7. The molecule has 0 spiro atoms. The van der Waals surface area contributed by atoms with Gasteiger partial charge in [-0.25, -0.2) is 0 Å². The minimum atomic E-state index is -0.644. The van der Waals surface area contributed by atoms with Gasteiger partial charge in [0, 0.05) is 11.3 Å². The number of nitrogens with two attached hydrogens (primary N) is 1. The molecular formula is C21H24N4O2S. The monoisotopic (exact) mass is 396 g/mol. The molecule has 0 saturated heterocycles. The van der Waals surface area contributed by atoms with E-state index < -0.39 is 11.9 Å². The standard InChI is InChI=1S/C21H24N4O2S/c22-20(26)17-13-16(24-25(17)15-9-2-1-3-10-15)21(27)23-19(14-7-4-5-8-14)18-11-6-12-28-18/h1-3,6,9-12,14,17,19H,4-5,7-8,13H2,(H2,22,26)(H,23,27)/t17-,19+/m1/s1. The maximum Gasteiger partial charge on any atom is 0.268 e. The third kappa shape index (κ3) is 3.80. The third-order valence-electron chi connectivity index (χ3n) is 5.53. The molecule has 1 aliphatic carbocycles. The van der Waals surface area contributed by atoms with E-state index >= 15 is 0 Å². The molecule has 1 fully saturated rings.